The Bertz CT molecular complexity index is 573. The molecule has 3 nitrogen and oxygen atoms in total. The van der Waals surface area contributed by atoms with E-state index in [9.17, 15) is 8.78 Å². The van der Waals surface area contributed by atoms with Crippen LogP contribution >= 0.6 is 0 Å². The van der Waals surface area contributed by atoms with E-state index < -0.39 is 11.6 Å². The lowest BCUT2D eigenvalue weighted by atomic mass is 10.2. The molecular weight excluding hydrogens is 238 g/mol. The maximum Gasteiger partial charge on any atom is 0.149 e. The molecule has 0 spiro atoms. The summed E-state index contributed by atoms with van der Waals surface area (Å²) in [5, 5.41) is 2.82. The van der Waals surface area contributed by atoms with Crippen LogP contribution in [0.3, 0.4) is 0 Å². The number of nitrogens with two attached hydrogens (primary N) is 1. The Labute approximate surface area is 103 Å². The number of hydrogen-bond donors (Lipinski definition) is 2. The first-order valence-corrected chi connectivity index (χ1v) is 5.26. The summed E-state index contributed by atoms with van der Waals surface area (Å²) >= 11 is 0. The van der Waals surface area contributed by atoms with Crippen molar-refractivity contribution in [3.63, 3.8) is 0 Å². The molecule has 5 heteroatoms. The summed E-state index contributed by atoms with van der Waals surface area (Å²) in [5.74, 6) is -0.791. The summed E-state index contributed by atoms with van der Waals surface area (Å²) in [6, 6.07) is 8.28. The first-order valence-electron chi connectivity index (χ1n) is 5.26. The summed E-state index contributed by atoms with van der Waals surface area (Å²) < 4.78 is 31.2. The van der Waals surface area contributed by atoms with Gasteiger partial charge < -0.3 is 15.8 Å². The van der Waals surface area contributed by atoms with Gasteiger partial charge in [0.25, 0.3) is 0 Å². The van der Waals surface area contributed by atoms with Crippen molar-refractivity contribution in [3.05, 3.63) is 48.0 Å². The molecule has 18 heavy (non-hydrogen) atoms. The number of halogens is 2. The maximum atomic E-state index is 13.4. The SMILES string of the molecule is COc1cc(Nc2ccc(F)cc2F)ccc1N. The van der Waals surface area contributed by atoms with Gasteiger partial charge in [-0.25, -0.2) is 8.78 Å². The van der Waals surface area contributed by atoms with E-state index in [1.807, 2.05) is 0 Å². The van der Waals surface area contributed by atoms with E-state index in [0.29, 0.717) is 17.1 Å². The Morgan fingerprint density at radius 1 is 1.11 bits per heavy atom. The smallest absolute Gasteiger partial charge is 0.149 e. The molecule has 0 aliphatic rings. The van der Waals surface area contributed by atoms with Crippen LogP contribution in [-0.2, 0) is 0 Å². The normalized spacial score (nSPS) is 10.2. The van der Waals surface area contributed by atoms with Crippen LogP contribution in [0.2, 0.25) is 0 Å². The molecule has 0 aromatic heterocycles. The molecule has 2 aromatic carbocycles. The highest BCUT2D eigenvalue weighted by atomic mass is 19.1. The molecule has 0 radical (unpaired) electrons. The number of anilines is 3. The minimum absolute atomic E-state index is 0.184. The quantitative estimate of drug-likeness (QED) is 0.822. The molecule has 0 heterocycles. The molecular formula is C13H12F2N2O. The number of hydrogen-bond acceptors (Lipinski definition) is 3. The molecule has 0 bridgehead atoms. The molecule has 2 aromatic rings. The third-order valence-corrected chi connectivity index (χ3v) is 2.44. The molecule has 0 saturated carbocycles. The van der Waals surface area contributed by atoms with Crippen molar-refractivity contribution in [2.45, 2.75) is 0 Å². The lowest BCUT2D eigenvalue weighted by Crippen LogP contribution is -1.97. The second-order valence-electron chi connectivity index (χ2n) is 3.71. The van der Waals surface area contributed by atoms with Gasteiger partial charge in [-0.05, 0) is 24.3 Å². The highest BCUT2D eigenvalue weighted by Crippen LogP contribution is 2.28. The Morgan fingerprint density at radius 3 is 2.56 bits per heavy atom. The lowest BCUT2D eigenvalue weighted by molar-refractivity contribution is 0.417. The molecule has 3 N–H and O–H groups in total. The van der Waals surface area contributed by atoms with Crippen molar-refractivity contribution < 1.29 is 13.5 Å². The van der Waals surface area contributed by atoms with E-state index in [2.05, 4.69) is 5.32 Å². The fourth-order valence-corrected chi connectivity index (χ4v) is 1.54. The van der Waals surface area contributed by atoms with Crippen LogP contribution in [0.4, 0.5) is 25.8 Å². The van der Waals surface area contributed by atoms with Crippen molar-refractivity contribution in [1.29, 1.82) is 0 Å². The van der Waals surface area contributed by atoms with E-state index in [1.54, 1.807) is 18.2 Å². The van der Waals surface area contributed by atoms with E-state index in [0.717, 1.165) is 6.07 Å². The van der Waals surface area contributed by atoms with E-state index in [1.165, 1.54) is 19.2 Å². The van der Waals surface area contributed by atoms with Crippen LogP contribution in [0.1, 0.15) is 0 Å². The minimum Gasteiger partial charge on any atom is -0.495 e. The van der Waals surface area contributed by atoms with Gasteiger partial charge in [0.2, 0.25) is 0 Å². The van der Waals surface area contributed by atoms with Crippen LogP contribution in [0.25, 0.3) is 0 Å². The largest absolute Gasteiger partial charge is 0.495 e. The summed E-state index contributed by atoms with van der Waals surface area (Å²) in [6.07, 6.45) is 0. The standard InChI is InChI=1S/C13H12F2N2O/c1-18-13-7-9(3-4-11(13)16)17-12-5-2-8(14)6-10(12)15/h2-7,17H,16H2,1H3. The molecule has 0 atom stereocenters. The zero-order valence-corrected chi connectivity index (χ0v) is 9.71. The Balaban J connectivity index is 2.28. The predicted molar refractivity (Wildman–Crippen MR) is 67.0 cm³/mol. The van der Waals surface area contributed by atoms with Crippen LogP contribution in [-0.4, -0.2) is 7.11 Å². The molecule has 2 rings (SSSR count). The van der Waals surface area contributed by atoms with Crippen LogP contribution in [0.5, 0.6) is 5.75 Å². The zero-order valence-electron chi connectivity index (χ0n) is 9.71. The van der Waals surface area contributed by atoms with Crippen molar-refractivity contribution in [3.8, 4) is 5.75 Å². The van der Waals surface area contributed by atoms with Gasteiger partial charge in [0.15, 0.2) is 0 Å². The third kappa shape index (κ3) is 2.51. The number of benzene rings is 2. The fourth-order valence-electron chi connectivity index (χ4n) is 1.54. The Hall–Kier alpha value is -2.30. The van der Waals surface area contributed by atoms with Gasteiger partial charge in [-0.2, -0.15) is 0 Å². The number of methoxy groups -OCH3 is 1. The van der Waals surface area contributed by atoms with Gasteiger partial charge in [-0.1, -0.05) is 0 Å². The summed E-state index contributed by atoms with van der Waals surface area (Å²) in [7, 11) is 1.49. The molecule has 0 unspecified atom stereocenters. The highest BCUT2D eigenvalue weighted by Gasteiger charge is 2.06. The predicted octanol–water partition coefficient (Wildman–Crippen LogP) is 3.30. The number of rotatable bonds is 3. The monoisotopic (exact) mass is 250 g/mol. The zero-order chi connectivity index (χ0) is 13.1. The van der Waals surface area contributed by atoms with Gasteiger partial charge in [0, 0.05) is 17.8 Å². The number of ether oxygens (including phenoxy) is 1. The van der Waals surface area contributed by atoms with Crippen molar-refractivity contribution in [1.82, 2.24) is 0 Å². The molecule has 0 aliphatic carbocycles. The Kier molecular flexibility index (Phi) is 3.32. The molecule has 0 amide bonds. The van der Waals surface area contributed by atoms with E-state index in [-0.39, 0.29) is 5.69 Å². The van der Waals surface area contributed by atoms with Gasteiger partial charge in [0.05, 0.1) is 18.5 Å². The topological polar surface area (TPSA) is 47.3 Å². The third-order valence-electron chi connectivity index (χ3n) is 2.44. The Morgan fingerprint density at radius 2 is 1.89 bits per heavy atom. The van der Waals surface area contributed by atoms with Gasteiger partial charge in [-0.15, -0.1) is 0 Å². The van der Waals surface area contributed by atoms with Gasteiger partial charge in [0.1, 0.15) is 17.4 Å². The maximum absolute atomic E-state index is 13.4. The number of nitrogen functional groups attached to an aromatic ring is 1. The van der Waals surface area contributed by atoms with E-state index in [4.69, 9.17) is 10.5 Å². The average Bonchev–Trinajstić information content (AvgIpc) is 2.35. The highest BCUT2D eigenvalue weighted by molar-refractivity contribution is 5.67. The van der Waals surface area contributed by atoms with Gasteiger partial charge in [-0.3, -0.25) is 0 Å². The average molecular weight is 250 g/mol. The van der Waals surface area contributed by atoms with Crippen molar-refractivity contribution in [2.24, 2.45) is 0 Å². The second-order valence-corrected chi connectivity index (χ2v) is 3.71. The van der Waals surface area contributed by atoms with Crippen molar-refractivity contribution >= 4 is 17.1 Å². The molecule has 0 saturated heterocycles. The van der Waals surface area contributed by atoms with Gasteiger partial charge >= 0.3 is 0 Å². The summed E-state index contributed by atoms with van der Waals surface area (Å²) in [5.41, 5.74) is 6.94. The van der Waals surface area contributed by atoms with Crippen LogP contribution in [0.15, 0.2) is 36.4 Å². The number of nitrogens with one attached hydrogen (secondary N) is 1. The summed E-state index contributed by atoms with van der Waals surface area (Å²) in [6.45, 7) is 0. The molecule has 94 valence electrons. The molecule has 0 fully saturated rings. The second kappa shape index (κ2) is 4.91. The van der Waals surface area contributed by atoms with E-state index >= 15 is 0 Å². The lowest BCUT2D eigenvalue weighted by Gasteiger charge is -2.10. The fraction of sp³-hybridized carbons (Fsp3) is 0.0769. The molecule has 0 aliphatic heterocycles. The summed E-state index contributed by atoms with van der Waals surface area (Å²) in [4.78, 5) is 0. The van der Waals surface area contributed by atoms with Crippen LogP contribution in [0, 0.1) is 11.6 Å². The minimum atomic E-state index is -0.661. The van der Waals surface area contributed by atoms with Crippen molar-refractivity contribution in [2.75, 3.05) is 18.2 Å². The van der Waals surface area contributed by atoms with Crippen LogP contribution < -0.4 is 15.8 Å². The first-order chi connectivity index (χ1) is 8.60. The first kappa shape index (κ1) is 12.2.